The zero-order chi connectivity index (χ0) is 52.5. The highest BCUT2D eigenvalue weighted by molar-refractivity contribution is 6.78. The number of ether oxygens (including phenoxy) is 6. The Morgan fingerprint density at radius 1 is 0.609 bits per heavy atom. The molecule has 2 rings (SSSR count). The Hall–Kier alpha value is -3.55. The summed E-state index contributed by atoms with van der Waals surface area (Å²) >= 11 is 0. The van der Waals surface area contributed by atoms with E-state index < -0.39 is 34.4 Å². The summed E-state index contributed by atoms with van der Waals surface area (Å²) in [5, 5.41) is 6.40. The zero-order valence-corrected chi connectivity index (χ0v) is 47.2. The molecule has 0 spiro atoms. The predicted octanol–water partition coefficient (Wildman–Crippen LogP) is 10.00. The molecule has 0 bridgehead atoms. The molecule has 0 radical (unpaired) electrons. The number of esters is 4. The minimum absolute atomic E-state index is 0.00352. The third-order valence-corrected chi connectivity index (χ3v) is 18.7. The van der Waals surface area contributed by atoms with Crippen LogP contribution >= 0.6 is 0 Å². The van der Waals surface area contributed by atoms with Crippen LogP contribution in [0.15, 0.2) is 24.3 Å². The molecule has 0 aliphatic heterocycles. The molecule has 2 aliphatic carbocycles. The maximum Gasteiger partial charge on any atom is 0.407 e. The van der Waals surface area contributed by atoms with Crippen LogP contribution in [0, 0.1) is 21.7 Å². The van der Waals surface area contributed by atoms with Crippen LogP contribution in [-0.2, 0) is 56.8 Å². The monoisotopic (exact) mass is 1010 g/mol. The third kappa shape index (κ3) is 25.9. The van der Waals surface area contributed by atoms with Crippen molar-refractivity contribution in [1.29, 1.82) is 0 Å². The molecular weight excluding hydrogens is 917 g/mol. The Morgan fingerprint density at radius 2 is 1.04 bits per heavy atom. The van der Waals surface area contributed by atoms with Crippen molar-refractivity contribution in [3.63, 3.8) is 0 Å². The molecule has 4 atom stereocenters. The number of carbonyl (C=O) groups excluding carboxylic acids is 6. The van der Waals surface area contributed by atoms with Crippen LogP contribution < -0.4 is 10.6 Å². The zero-order valence-electron chi connectivity index (χ0n) is 45.2. The molecule has 2 fully saturated rings. The van der Waals surface area contributed by atoms with Gasteiger partial charge in [-0.2, -0.15) is 0 Å². The summed E-state index contributed by atoms with van der Waals surface area (Å²) in [5.41, 5.74) is -0.206. The number of hydrogen-bond acceptors (Lipinski definition) is 13. The van der Waals surface area contributed by atoms with E-state index >= 15 is 0 Å². The second-order valence-corrected chi connectivity index (χ2v) is 33.7. The minimum Gasteiger partial charge on any atom is -0.462 e. The first-order chi connectivity index (χ1) is 31.6. The van der Waals surface area contributed by atoms with E-state index in [2.05, 4.69) is 105 Å². The summed E-state index contributed by atoms with van der Waals surface area (Å²) in [5.74, 6) is -1.69. The Kier molecular flexibility index (Phi) is 23.9. The van der Waals surface area contributed by atoms with E-state index in [9.17, 15) is 28.8 Å². The van der Waals surface area contributed by atoms with Gasteiger partial charge < -0.3 is 43.5 Å². The minimum atomic E-state index is -2.42. The topological polar surface area (TPSA) is 191 Å². The van der Waals surface area contributed by atoms with Gasteiger partial charge in [0.15, 0.2) is 8.32 Å². The van der Waals surface area contributed by atoms with E-state index in [1.165, 1.54) is 0 Å². The number of nitrogens with one attached hydrogen (secondary N) is 2. The number of alkyl carbamates (subject to hydrolysis) is 1. The Morgan fingerprint density at radius 3 is 1.51 bits per heavy atom. The summed E-state index contributed by atoms with van der Waals surface area (Å²) in [4.78, 5) is 74.5. The molecule has 0 aromatic carbocycles. The standard InChI is InChI=1S/C52H92N2O13Si2/c1-38(2)45(58)64-27-25-62-43(56)18-20-51(11)32-40(30-48(5,6)35-51)53-42(55)34-69(15,16)67-50(9,10)37-68(13,14)29-17-22-61-23-24-66-47(60)54-41-31-49(7,8)36-52(12,33-41)21-19-44(57)63-26-28-65-46(59)39(3)4/h40-41H,1,3,17-37H2,2,4-16H3,(H,53,55)(H,54,60). The molecule has 2 amide bonds. The lowest BCUT2D eigenvalue weighted by Crippen LogP contribution is -2.50. The van der Waals surface area contributed by atoms with E-state index in [0.717, 1.165) is 50.6 Å². The van der Waals surface area contributed by atoms with Crippen molar-refractivity contribution >= 4 is 52.3 Å². The normalized spacial score (nSPS) is 22.3. The molecule has 4 unspecified atom stereocenters. The Balaban J connectivity index is 1.72. The van der Waals surface area contributed by atoms with Gasteiger partial charge in [0.1, 0.15) is 33.0 Å². The largest absolute Gasteiger partial charge is 0.462 e. The fraction of sp³-hybridized carbons (Fsp3) is 0.808. The van der Waals surface area contributed by atoms with Gasteiger partial charge in [-0.15, -0.1) is 0 Å². The summed E-state index contributed by atoms with van der Waals surface area (Å²) in [6.45, 7) is 37.6. The van der Waals surface area contributed by atoms with E-state index in [0.29, 0.717) is 44.1 Å². The lowest BCUT2D eigenvalue weighted by molar-refractivity contribution is -0.150. The van der Waals surface area contributed by atoms with E-state index in [-0.39, 0.29) is 109 Å². The molecule has 0 heterocycles. The molecule has 15 nitrogen and oxygen atoms in total. The summed E-state index contributed by atoms with van der Waals surface area (Å²) in [6, 6.07) is 2.23. The first-order valence-electron chi connectivity index (χ1n) is 25.1. The maximum atomic E-state index is 13.6. The van der Waals surface area contributed by atoms with Crippen LogP contribution in [0.3, 0.4) is 0 Å². The van der Waals surface area contributed by atoms with Gasteiger partial charge in [-0.25, -0.2) is 14.4 Å². The second-order valence-electron chi connectivity index (χ2n) is 24.5. The van der Waals surface area contributed by atoms with Crippen molar-refractivity contribution in [2.24, 2.45) is 21.7 Å². The van der Waals surface area contributed by atoms with Crippen molar-refractivity contribution in [1.82, 2.24) is 10.6 Å². The highest BCUT2D eigenvalue weighted by Crippen LogP contribution is 2.50. The van der Waals surface area contributed by atoms with Crippen molar-refractivity contribution in [3.8, 4) is 0 Å². The quantitative estimate of drug-likeness (QED) is 0.0237. The molecule has 2 aliphatic rings. The second kappa shape index (κ2) is 26.8. The number of carbonyl (C=O) groups is 6. The van der Waals surface area contributed by atoms with Crippen molar-refractivity contribution < 1.29 is 61.6 Å². The van der Waals surface area contributed by atoms with Crippen LogP contribution in [0.2, 0.25) is 44.3 Å². The van der Waals surface area contributed by atoms with Crippen LogP contribution in [0.4, 0.5) is 4.79 Å². The molecule has 0 aromatic heterocycles. The van der Waals surface area contributed by atoms with Gasteiger partial charge in [-0.05, 0) is 126 Å². The molecule has 17 heteroatoms. The number of rotatable bonds is 29. The first kappa shape index (κ1) is 61.6. The summed E-state index contributed by atoms with van der Waals surface area (Å²) < 4.78 is 38.8. The van der Waals surface area contributed by atoms with Gasteiger partial charge in [0, 0.05) is 54.3 Å². The highest BCUT2D eigenvalue weighted by atomic mass is 28.4. The molecule has 2 N–H and O–H groups in total. The first-order valence-corrected chi connectivity index (χ1v) is 31.6. The summed E-state index contributed by atoms with van der Waals surface area (Å²) in [7, 11) is -4.14. The maximum absolute atomic E-state index is 13.6. The van der Waals surface area contributed by atoms with Gasteiger partial charge in [-0.3, -0.25) is 14.4 Å². The van der Waals surface area contributed by atoms with E-state index in [4.69, 9.17) is 32.8 Å². The molecular formula is C52H92N2O13Si2. The third-order valence-electron chi connectivity index (χ3n) is 12.9. The Bertz CT molecular complexity index is 1780. The smallest absolute Gasteiger partial charge is 0.407 e. The molecule has 0 aromatic rings. The number of amides is 2. The molecule has 396 valence electrons. The van der Waals surface area contributed by atoms with Crippen molar-refractivity contribution in [2.75, 3.05) is 46.2 Å². The van der Waals surface area contributed by atoms with Crippen LogP contribution in [-0.4, -0.2) is 116 Å². The van der Waals surface area contributed by atoms with Gasteiger partial charge in [0.2, 0.25) is 5.91 Å². The number of hydrogen-bond donors (Lipinski definition) is 2. The van der Waals surface area contributed by atoms with E-state index in [1.54, 1.807) is 13.8 Å². The van der Waals surface area contributed by atoms with Gasteiger partial charge in [0.05, 0.1) is 14.7 Å². The van der Waals surface area contributed by atoms with Crippen molar-refractivity contribution in [2.45, 2.75) is 202 Å². The fourth-order valence-electron chi connectivity index (χ4n) is 11.5. The van der Waals surface area contributed by atoms with Gasteiger partial charge >= 0.3 is 30.0 Å². The lowest BCUT2D eigenvalue weighted by atomic mass is 9.61. The predicted molar refractivity (Wildman–Crippen MR) is 274 cm³/mol. The molecule has 0 saturated heterocycles. The SMILES string of the molecule is C=C(C)C(=O)OCCOC(=O)CCC1(C)CC(NC(=O)C[Si](C)(C)OC(C)(C)C[Si](C)(C)CCCOCCOC(=O)NC2CC(C)(C)CC(C)(CCC(=O)OCCOC(=O)C(=C)C)C2)CC(C)(C)C1. The lowest BCUT2D eigenvalue weighted by Gasteiger charge is -2.47. The molecule has 69 heavy (non-hydrogen) atoms. The average molecular weight is 1010 g/mol. The fourth-order valence-corrected chi connectivity index (χ4v) is 17.8. The highest BCUT2D eigenvalue weighted by Gasteiger charge is 2.44. The van der Waals surface area contributed by atoms with Crippen LogP contribution in [0.1, 0.15) is 140 Å². The molecule has 2 saturated carbocycles. The van der Waals surface area contributed by atoms with Crippen LogP contribution in [0.25, 0.3) is 0 Å². The van der Waals surface area contributed by atoms with Crippen molar-refractivity contribution in [3.05, 3.63) is 24.3 Å². The summed E-state index contributed by atoms with van der Waals surface area (Å²) in [6.07, 6.45) is 7.13. The average Bonchev–Trinajstić information content (AvgIpc) is 3.16. The van der Waals surface area contributed by atoms with Gasteiger partial charge in [0.25, 0.3) is 0 Å². The van der Waals surface area contributed by atoms with E-state index in [1.807, 2.05) is 0 Å². The van der Waals surface area contributed by atoms with Crippen LogP contribution in [0.5, 0.6) is 0 Å². The Labute approximate surface area is 417 Å². The van der Waals surface area contributed by atoms with Gasteiger partial charge in [-0.1, -0.05) is 73.8 Å².